The van der Waals surface area contributed by atoms with Gasteiger partial charge in [0.25, 0.3) is 0 Å². The van der Waals surface area contributed by atoms with Crippen LogP contribution in [0.3, 0.4) is 0 Å². The summed E-state index contributed by atoms with van der Waals surface area (Å²) in [6.07, 6.45) is 1.88. The molecule has 0 bridgehead atoms. The summed E-state index contributed by atoms with van der Waals surface area (Å²) in [5.41, 5.74) is 4.79. The van der Waals surface area contributed by atoms with E-state index >= 15 is 0 Å². The van der Waals surface area contributed by atoms with Gasteiger partial charge in [-0.1, -0.05) is 36.4 Å². The van der Waals surface area contributed by atoms with E-state index in [1.807, 2.05) is 25.2 Å². The number of aryl methyl sites for hydroxylation is 1. The molecule has 1 aromatic heterocycles. The summed E-state index contributed by atoms with van der Waals surface area (Å²) in [7, 11) is 1.81. The van der Waals surface area contributed by atoms with Crippen LogP contribution in [-0.4, -0.2) is 60.7 Å². The molecule has 0 unspecified atom stereocenters. The Kier molecular flexibility index (Phi) is 9.76. The van der Waals surface area contributed by atoms with Crippen LogP contribution in [0, 0.1) is 0 Å². The summed E-state index contributed by atoms with van der Waals surface area (Å²) in [6, 6.07) is 16.8. The molecule has 0 saturated carbocycles. The van der Waals surface area contributed by atoms with Crippen molar-refractivity contribution in [3.05, 3.63) is 65.5 Å². The molecule has 2 aromatic carbocycles. The van der Waals surface area contributed by atoms with Crippen LogP contribution in [0.15, 0.2) is 53.5 Å². The number of aromatic amines is 1. The van der Waals surface area contributed by atoms with E-state index in [1.54, 1.807) is 0 Å². The summed E-state index contributed by atoms with van der Waals surface area (Å²) in [5.74, 6) is 1.86. The Bertz CT molecular complexity index is 966. The van der Waals surface area contributed by atoms with Gasteiger partial charge < -0.3 is 20.4 Å². The van der Waals surface area contributed by atoms with E-state index in [-0.39, 0.29) is 24.0 Å². The van der Waals surface area contributed by atoms with E-state index in [2.05, 4.69) is 60.8 Å². The highest BCUT2D eigenvalue weighted by Gasteiger charge is 2.12. The molecule has 1 saturated heterocycles. The van der Waals surface area contributed by atoms with E-state index in [4.69, 9.17) is 4.74 Å². The Morgan fingerprint density at radius 1 is 1.06 bits per heavy atom. The van der Waals surface area contributed by atoms with Gasteiger partial charge in [0.15, 0.2) is 5.96 Å². The van der Waals surface area contributed by atoms with Crippen molar-refractivity contribution >= 4 is 41.0 Å². The predicted octanol–water partition coefficient (Wildman–Crippen LogP) is 3.31. The molecule has 8 heteroatoms. The standard InChI is InChI=1S/C24H32N6O.HI/c1-25-24(26-12-6-11-23-28-21-9-4-5-10-22(21)29-23)27-17-19-7-2-3-8-20(19)18-30-13-15-31-16-14-30;/h2-5,7-10H,6,11-18H2,1H3,(H,28,29)(H2,25,26,27);1H. The monoisotopic (exact) mass is 548 g/mol. The second-order valence-electron chi connectivity index (χ2n) is 7.81. The maximum atomic E-state index is 5.47. The fraction of sp³-hybridized carbons (Fsp3) is 0.417. The minimum absolute atomic E-state index is 0. The van der Waals surface area contributed by atoms with Crippen molar-refractivity contribution in [3.63, 3.8) is 0 Å². The second kappa shape index (κ2) is 12.8. The maximum Gasteiger partial charge on any atom is 0.191 e. The molecule has 1 aliphatic heterocycles. The number of rotatable bonds is 8. The number of morpholine rings is 1. The van der Waals surface area contributed by atoms with Crippen LogP contribution in [0.4, 0.5) is 0 Å². The van der Waals surface area contributed by atoms with Gasteiger partial charge >= 0.3 is 0 Å². The maximum absolute atomic E-state index is 5.47. The number of ether oxygens (including phenoxy) is 1. The Morgan fingerprint density at radius 3 is 2.59 bits per heavy atom. The first-order valence-corrected chi connectivity index (χ1v) is 11.1. The highest BCUT2D eigenvalue weighted by Crippen LogP contribution is 2.13. The Morgan fingerprint density at radius 2 is 1.81 bits per heavy atom. The van der Waals surface area contributed by atoms with Crippen molar-refractivity contribution < 1.29 is 4.74 Å². The molecule has 0 aliphatic carbocycles. The molecule has 32 heavy (non-hydrogen) atoms. The third-order valence-electron chi connectivity index (χ3n) is 5.61. The first-order valence-electron chi connectivity index (χ1n) is 11.1. The molecule has 1 fully saturated rings. The molecule has 7 nitrogen and oxygen atoms in total. The summed E-state index contributed by atoms with van der Waals surface area (Å²) in [6.45, 7) is 6.20. The van der Waals surface area contributed by atoms with Gasteiger partial charge in [-0.3, -0.25) is 9.89 Å². The zero-order chi connectivity index (χ0) is 21.3. The van der Waals surface area contributed by atoms with Crippen molar-refractivity contribution in [2.24, 2.45) is 4.99 Å². The summed E-state index contributed by atoms with van der Waals surface area (Å²) < 4.78 is 5.47. The lowest BCUT2D eigenvalue weighted by atomic mass is 10.1. The number of fused-ring (bicyclic) bond motifs is 1. The number of H-pyrrole nitrogens is 1. The van der Waals surface area contributed by atoms with Gasteiger partial charge in [-0.2, -0.15) is 0 Å². The van der Waals surface area contributed by atoms with Gasteiger partial charge in [-0.25, -0.2) is 4.98 Å². The number of guanidine groups is 1. The van der Waals surface area contributed by atoms with Crippen molar-refractivity contribution in [1.82, 2.24) is 25.5 Å². The fourth-order valence-corrected chi connectivity index (χ4v) is 3.87. The van der Waals surface area contributed by atoms with Gasteiger partial charge in [-0.15, -0.1) is 24.0 Å². The Balaban J connectivity index is 0.00000289. The van der Waals surface area contributed by atoms with Gasteiger partial charge in [-0.05, 0) is 29.7 Å². The molecule has 0 amide bonds. The lowest BCUT2D eigenvalue weighted by molar-refractivity contribution is 0.0341. The lowest BCUT2D eigenvalue weighted by Gasteiger charge is -2.27. The number of benzene rings is 2. The average molecular weight is 548 g/mol. The minimum atomic E-state index is 0. The summed E-state index contributed by atoms with van der Waals surface area (Å²) in [5, 5.41) is 6.87. The number of halogens is 1. The van der Waals surface area contributed by atoms with E-state index in [0.717, 1.165) is 81.6 Å². The zero-order valence-corrected chi connectivity index (χ0v) is 21.0. The van der Waals surface area contributed by atoms with Crippen LogP contribution in [0.5, 0.6) is 0 Å². The van der Waals surface area contributed by atoms with Crippen molar-refractivity contribution in [2.75, 3.05) is 39.9 Å². The Labute approximate surface area is 207 Å². The highest BCUT2D eigenvalue weighted by molar-refractivity contribution is 14.0. The smallest absolute Gasteiger partial charge is 0.191 e. The summed E-state index contributed by atoms with van der Waals surface area (Å²) in [4.78, 5) is 14.9. The topological polar surface area (TPSA) is 77.6 Å². The number of aliphatic imine (C=N–C) groups is 1. The van der Waals surface area contributed by atoms with Crippen molar-refractivity contribution in [2.45, 2.75) is 25.9 Å². The third-order valence-corrected chi connectivity index (χ3v) is 5.61. The average Bonchev–Trinajstić information content (AvgIpc) is 3.23. The number of imidazole rings is 1. The van der Waals surface area contributed by atoms with Crippen LogP contribution >= 0.6 is 24.0 Å². The van der Waals surface area contributed by atoms with Gasteiger partial charge in [0.1, 0.15) is 5.82 Å². The first kappa shape index (κ1) is 24.5. The first-order chi connectivity index (χ1) is 15.3. The highest BCUT2D eigenvalue weighted by atomic mass is 127. The molecule has 0 radical (unpaired) electrons. The molecule has 2 heterocycles. The van der Waals surface area contributed by atoms with Crippen LogP contribution in [0.2, 0.25) is 0 Å². The molecule has 0 spiro atoms. The number of nitrogens with one attached hydrogen (secondary N) is 3. The SMILES string of the molecule is CN=C(NCCCc1nc2ccccc2[nH]1)NCc1ccccc1CN1CCOCC1.I. The predicted molar refractivity (Wildman–Crippen MR) is 141 cm³/mol. The largest absolute Gasteiger partial charge is 0.379 e. The molecule has 4 rings (SSSR count). The quantitative estimate of drug-likeness (QED) is 0.174. The number of hydrogen-bond donors (Lipinski definition) is 3. The van der Waals surface area contributed by atoms with Crippen LogP contribution in [0.25, 0.3) is 11.0 Å². The van der Waals surface area contributed by atoms with Crippen LogP contribution in [-0.2, 0) is 24.2 Å². The molecule has 0 atom stereocenters. The van der Waals surface area contributed by atoms with E-state index in [9.17, 15) is 0 Å². The molecular weight excluding hydrogens is 515 g/mol. The van der Waals surface area contributed by atoms with Gasteiger partial charge in [0, 0.05) is 46.2 Å². The minimum Gasteiger partial charge on any atom is -0.379 e. The van der Waals surface area contributed by atoms with Gasteiger partial charge in [0.05, 0.1) is 24.2 Å². The Hall–Kier alpha value is -2.17. The molecule has 1 aliphatic rings. The third kappa shape index (κ3) is 6.91. The second-order valence-corrected chi connectivity index (χ2v) is 7.81. The number of hydrogen-bond acceptors (Lipinski definition) is 4. The van der Waals surface area contributed by atoms with Crippen LogP contribution < -0.4 is 10.6 Å². The number of nitrogens with zero attached hydrogens (tertiary/aromatic N) is 3. The van der Waals surface area contributed by atoms with Crippen LogP contribution in [0.1, 0.15) is 23.4 Å². The van der Waals surface area contributed by atoms with E-state index in [1.165, 1.54) is 11.1 Å². The summed E-state index contributed by atoms with van der Waals surface area (Å²) >= 11 is 0. The molecular formula is C24H33IN6O. The molecule has 172 valence electrons. The molecule has 3 aromatic rings. The fourth-order valence-electron chi connectivity index (χ4n) is 3.87. The number of aromatic nitrogens is 2. The van der Waals surface area contributed by atoms with Gasteiger partial charge in [0.2, 0.25) is 0 Å². The van der Waals surface area contributed by atoms with E-state index < -0.39 is 0 Å². The van der Waals surface area contributed by atoms with Crippen molar-refractivity contribution in [3.8, 4) is 0 Å². The van der Waals surface area contributed by atoms with E-state index in [0.29, 0.717) is 0 Å². The molecule has 3 N–H and O–H groups in total. The number of para-hydroxylation sites is 2. The lowest BCUT2D eigenvalue weighted by Crippen LogP contribution is -2.38. The van der Waals surface area contributed by atoms with Crippen molar-refractivity contribution in [1.29, 1.82) is 0 Å². The normalized spacial score (nSPS) is 14.8. The zero-order valence-electron chi connectivity index (χ0n) is 18.6.